The normalized spacial score (nSPS) is 15.1. The van der Waals surface area contributed by atoms with Crippen LogP contribution in [0.4, 0.5) is 4.79 Å². The number of urea groups is 1. The number of nitrogens with two attached hydrogens (primary N) is 2. The Morgan fingerprint density at radius 3 is 1.62 bits per heavy atom. The number of guanidine groups is 1. The van der Waals surface area contributed by atoms with E-state index in [4.69, 9.17) is 28.5 Å². The molecule has 0 aliphatic carbocycles. The molecule has 1 saturated heterocycles. The number of pyridine rings is 1. The Labute approximate surface area is 560 Å². The van der Waals surface area contributed by atoms with Crippen LogP contribution in [-0.2, 0) is 73.6 Å². The van der Waals surface area contributed by atoms with Crippen LogP contribution in [-0.4, -0.2) is 172 Å². The molecule has 0 spiro atoms. The number of hydrogen-bond donors (Lipinski definition) is 15. The van der Waals surface area contributed by atoms with Crippen LogP contribution in [0.5, 0.6) is 5.75 Å². The van der Waals surface area contributed by atoms with Crippen LogP contribution in [0.3, 0.4) is 0 Å². The van der Waals surface area contributed by atoms with Gasteiger partial charge in [-0.1, -0.05) is 98.2 Å². The topological polar surface area (TPSA) is 441 Å². The number of rotatable bonds is 36. The fourth-order valence-corrected chi connectivity index (χ4v) is 11.0. The zero-order valence-electron chi connectivity index (χ0n) is 53.7. The number of aliphatic hydroxyl groups is 1. The van der Waals surface area contributed by atoms with Gasteiger partial charge in [-0.2, -0.15) is 0 Å². The van der Waals surface area contributed by atoms with Crippen LogP contribution in [0, 0.1) is 11.3 Å². The van der Waals surface area contributed by atoms with E-state index in [1.807, 2.05) is 48.8 Å². The van der Waals surface area contributed by atoms with Crippen molar-refractivity contribution in [3.8, 4) is 5.75 Å². The van der Waals surface area contributed by atoms with E-state index in [1.54, 1.807) is 50.2 Å². The largest absolute Gasteiger partial charge is 0.508 e. The Morgan fingerprint density at radius 1 is 0.594 bits per heavy atom. The molecule has 0 unspecified atom stereocenters. The Kier molecular flexibility index (Phi) is 29.3. The maximum Gasteiger partial charge on any atom is 0.312 e. The first-order valence-corrected chi connectivity index (χ1v) is 32.0. The number of nitrogens with zero attached hydrogens (tertiary/aromatic N) is 2. The van der Waals surface area contributed by atoms with Crippen LogP contribution in [0.25, 0.3) is 10.8 Å². The lowest BCUT2D eigenvalue weighted by atomic mass is 9.99. The molecule has 513 valence electrons. The minimum absolute atomic E-state index is 0.0253. The van der Waals surface area contributed by atoms with Gasteiger partial charge in [-0.25, -0.2) is 4.79 Å². The van der Waals surface area contributed by atoms with Gasteiger partial charge in [-0.3, -0.25) is 58.3 Å². The van der Waals surface area contributed by atoms with Gasteiger partial charge in [0, 0.05) is 69.7 Å². The number of aromatic hydroxyl groups is 1. The van der Waals surface area contributed by atoms with Crippen molar-refractivity contribution in [3.05, 3.63) is 143 Å². The number of likely N-dealkylation sites (tertiary alicyclic amines) is 1. The van der Waals surface area contributed by atoms with Gasteiger partial charge in [-0.15, -0.1) is 0 Å². The molecule has 96 heavy (non-hydrogen) atoms. The minimum Gasteiger partial charge on any atom is -0.508 e. The summed E-state index contributed by atoms with van der Waals surface area (Å²) in [7, 11) is 0. The van der Waals surface area contributed by atoms with Gasteiger partial charge >= 0.3 is 6.03 Å². The summed E-state index contributed by atoms with van der Waals surface area (Å²) in [5, 5.41) is 57.2. The molecule has 0 saturated carbocycles. The smallest absolute Gasteiger partial charge is 0.312 e. The van der Waals surface area contributed by atoms with Gasteiger partial charge in [0.05, 0.1) is 12.6 Å². The molecule has 1 radical (unpaired) electrons. The number of halogens is 1. The molecule has 2 heterocycles. The van der Waals surface area contributed by atoms with Gasteiger partial charge in [0.1, 0.15) is 54.1 Å². The van der Waals surface area contributed by atoms with E-state index < -0.39 is 120 Å². The maximum absolute atomic E-state index is 14.8. The number of nitrogens with one attached hydrogen (secondary N) is 11. The van der Waals surface area contributed by atoms with Crippen LogP contribution < -0.4 is 64.6 Å². The number of aromatic nitrogens is 1. The number of carbonyl (C=O) groups excluding carboxylic acids is 11. The lowest BCUT2D eigenvalue weighted by Crippen LogP contribution is -2.61. The molecular weight excluding hydrogens is 1260 g/mol. The molecule has 29 heteroatoms. The number of phenols is 1. The molecule has 9 atom stereocenters. The molecule has 5 aromatic rings. The SMILES string of the molecule is CC(=O)N[C@H](Cc1ccc2ccccc2c1)C(=O)N[C@H](Cc1ccc(Cl)cc1)C(=O)N[C@H](Cc1cccnc1)C(=O)N[C@@H](CO)C(=O)N[C@@H](Cc1ccc(O)cc1)C(=O)N[C@H](CCCNC(N)=O)C(=O)N[C@@H](CC(C)C)C(=O)N[C@@H](CCCNC(=N)N)C(=O)N1CCC[C@H]1[C]=O. The zero-order valence-corrected chi connectivity index (χ0v) is 54.4. The number of carbonyl (C=O) groups is 10. The standard InChI is InChI=1S/C67H85ClN15O13/c1-39(2)30-52(59(89)77-51(15-8-27-73-66(69)70)65(95)83-29-9-13-48(83)37-84)78-58(88)50(14-7-28-74-67(71)96)76-61(91)54(33-42-19-24-49(87)25-20-42)81-64(94)57(38-85)82-63(93)56(35-44-10-6-26-72-36-44)80-62(92)55(32-41-17-22-47(68)23-18-41)79-60(90)53(75-40(3)86)34-43-16-21-45-11-4-5-12-46(45)31-43/h4-6,10-12,16-26,31,36,39,48,50-57,85,87H,7-9,13-15,27-30,32-35,38H2,1-3H3,(H,75,86)(H,76,91)(H,77,89)(H,78,88)(H,79,90)(H,80,92)(H,81,94)(H,82,93)(H4,69,70,73)(H3,71,74,96)/t48-,50+,51-,52-,53+,54-,55+,56+,57-/m0/s1. The van der Waals surface area contributed by atoms with E-state index >= 15 is 0 Å². The summed E-state index contributed by atoms with van der Waals surface area (Å²) in [4.78, 5) is 158. The average molecular weight is 1340 g/mol. The molecule has 1 fully saturated rings. The Hall–Kier alpha value is -10.2. The summed E-state index contributed by atoms with van der Waals surface area (Å²) in [6, 6.07) is 15.1. The molecule has 4 aromatic carbocycles. The van der Waals surface area contributed by atoms with E-state index in [-0.39, 0.29) is 95.0 Å². The Bertz CT molecular complexity index is 3510. The molecule has 28 nitrogen and oxygen atoms in total. The molecule has 17 N–H and O–H groups in total. The van der Waals surface area contributed by atoms with Crippen LogP contribution in [0.1, 0.15) is 88.0 Å². The van der Waals surface area contributed by atoms with Crippen LogP contribution in [0.2, 0.25) is 5.02 Å². The highest BCUT2D eigenvalue weighted by molar-refractivity contribution is 6.30. The summed E-state index contributed by atoms with van der Waals surface area (Å²) in [6.45, 7) is 4.09. The molecule has 0 bridgehead atoms. The number of aliphatic hydroxyl groups excluding tert-OH is 1. The van der Waals surface area contributed by atoms with E-state index in [2.05, 4.69) is 58.2 Å². The molecule has 1 aliphatic heterocycles. The van der Waals surface area contributed by atoms with Crippen molar-refractivity contribution in [3.63, 3.8) is 0 Å². The highest BCUT2D eigenvalue weighted by Crippen LogP contribution is 2.21. The predicted octanol–water partition coefficient (Wildman–Crippen LogP) is 0.614. The molecule has 1 aliphatic rings. The van der Waals surface area contributed by atoms with E-state index in [0.717, 1.165) is 10.8 Å². The first-order chi connectivity index (χ1) is 45.9. The second-order valence-electron chi connectivity index (χ2n) is 23.9. The summed E-state index contributed by atoms with van der Waals surface area (Å²) in [5.41, 5.74) is 12.9. The van der Waals surface area contributed by atoms with Gasteiger partial charge in [0.15, 0.2) is 5.96 Å². The number of phenolic OH excluding ortho intramolecular Hbond substituents is 1. The number of amides is 11. The highest BCUT2D eigenvalue weighted by atomic mass is 35.5. The molecule has 1 aromatic heterocycles. The lowest BCUT2D eigenvalue weighted by molar-refractivity contribution is -0.138. The monoisotopic (exact) mass is 1340 g/mol. The van der Waals surface area contributed by atoms with Crippen molar-refractivity contribution < 1.29 is 63.0 Å². The summed E-state index contributed by atoms with van der Waals surface area (Å²) in [6.07, 6.45) is 5.19. The second kappa shape index (κ2) is 37.6. The molecule has 11 amide bonds. The van der Waals surface area contributed by atoms with Crippen molar-refractivity contribution in [2.75, 3.05) is 26.2 Å². The quantitative estimate of drug-likeness (QED) is 0.0148. The van der Waals surface area contributed by atoms with Crippen molar-refractivity contribution in [1.29, 1.82) is 5.41 Å². The Balaban J connectivity index is 1.25. The Morgan fingerprint density at radius 2 is 1.07 bits per heavy atom. The van der Waals surface area contributed by atoms with Crippen molar-refractivity contribution in [2.45, 2.75) is 146 Å². The number of fused-ring (bicyclic) bond motifs is 1. The fraction of sp³-hybridized carbons (Fsp3) is 0.418. The van der Waals surface area contributed by atoms with Crippen LogP contribution in [0.15, 0.2) is 116 Å². The van der Waals surface area contributed by atoms with Crippen molar-refractivity contribution in [2.24, 2.45) is 17.4 Å². The maximum atomic E-state index is 14.8. The van der Waals surface area contributed by atoms with E-state index in [1.165, 1.54) is 48.5 Å². The summed E-state index contributed by atoms with van der Waals surface area (Å²) < 4.78 is 0. The first kappa shape index (κ1) is 74.8. The molecule has 6 rings (SSSR count). The minimum atomic E-state index is -1.83. The third-order valence-electron chi connectivity index (χ3n) is 15.8. The lowest BCUT2D eigenvalue weighted by Gasteiger charge is -2.30. The average Bonchev–Trinajstić information content (AvgIpc) is 1.39. The van der Waals surface area contributed by atoms with Crippen LogP contribution >= 0.6 is 11.6 Å². The molecular formula is C67H85ClN15O13. The third-order valence-corrected chi connectivity index (χ3v) is 16.0. The summed E-state index contributed by atoms with van der Waals surface area (Å²) in [5.74, 6) is -8.14. The van der Waals surface area contributed by atoms with Gasteiger partial charge in [0.2, 0.25) is 59.5 Å². The van der Waals surface area contributed by atoms with Gasteiger partial charge < -0.3 is 79.7 Å². The number of hydrogen-bond acceptors (Lipinski definition) is 15. The van der Waals surface area contributed by atoms with Gasteiger partial charge in [-0.05, 0) is 114 Å². The fourth-order valence-electron chi connectivity index (χ4n) is 10.9. The third kappa shape index (κ3) is 24.3. The van der Waals surface area contributed by atoms with Crippen molar-refractivity contribution in [1.82, 2.24) is 63.1 Å². The number of benzene rings is 4. The summed E-state index contributed by atoms with van der Waals surface area (Å²) >= 11 is 6.22. The van der Waals surface area contributed by atoms with E-state index in [9.17, 15) is 63.0 Å². The second-order valence-corrected chi connectivity index (χ2v) is 24.3. The van der Waals surface area contributed by atoms with Crippen molar-refractivity contribution >= 4 is 93.8 Å². The predicted molar refractivity (Wildman–Crippen MR) is 357 cm³/mol. The van der Waals surface area contributed by atoms with E-state index in [0.29, 0.717) is 40.1 Å². The first-order valence-electron chi connectivity index (χ1n) is 31.6. The number of primary amides is 1. The van der Waals surface area contributed by atoms with Gasteiger partial charge in [0.25, 0.3) is 0 Å². The highest BCUT2D eigenvalue weighted by Gasteiger charge is 2.38. The zero-order chi connectivity index (χ0) is 69.8.